The molecule has 0 unspecified atom stereocenters. The number of rotatable bonds is 0. The third-order valence-corrected chi connectivity index (χ3v) is 2.06. The molecule has 14 heavy (non-hydrogen) atoms. The summed E-state index contributed by atoms with van der Waals surface area (Å²) in [7, 11) is 0. The summed E-state index contributed by atoms with van der Waals surface area (Å²) in [5, 5.41) is 0. The first-order chi connectivity index (χ1) is 13.0. The summed E-state index contributed by atoms with van der Waals surface area (Å²) in [6, 6.07) is 0. The van der Waals surface area contributed by atoms with Crippen molar-refractivity contribution in [3.63, 3.8) is 0 Å². The molecule has 0 aromatic heterocycles. The first-order valence-corrected chi connectivity index (χ1v) is 4.50. The van der Waals surface area contributed by atoms with Gasteiger partial charge in [-0.3, -0.25) is 0 Å². The molecule has 2 fully saturated rings. The van der Waals surface area contributed by atoms with E-state index in [1.54, 1.807) is 0 Å². The average molecular weight is 211 g/mol. The van der Waals surface area contributed by atoms with Crippen molar-refractivity contribution in [2.45, 2.75) is 71.8 Å². The van der Waals surface area contributed by atoms with Crippen LogP contribution < -0.4 is 0 Å². The van der Waals surface area contributed by atoms with E-state index in [4.69, 9.17) is 23.3 Å². The maximum absolute atomic E-state index is 8.73. The van der Waals surface area contributed by atoms with Crippen LogP contribution in [0.15, 0.2) is 0 Å². The lowest BCUT2D eigenvalue weighted by Gasteiger charge is -2.42. The van der Waals surface area contributed by atoms with E-state index in [1.807, 2.05) is 0 Å². The van der Waals surface area contributed by atoms with Gasteiger partial charge in [-0.1, -0.05) is 33.5 Å². The molecular formula is C14H26. The fraction of sp³-hybridized carbons (Fsp3) is 1.00. The van der Waals surface area contributed by atoms with Crippen molar-refractivity contribution in [1.82, 2.24) is 0 Å². The Balaban J connectivity index is 3.29. The van der Waals surface area contributed by atoms with Crippen molar-refractivity contribution in [3.05, 3.63) is 0 Å². The normalized spacial score (nSPS) is 77.5. The summed E-state index contributed by atoms with van der Waals surface area (Å²) in [4.78, 5) is 0. The Morgan fingerprint density at radius 1 is 1.07 bits per heavy atom. The molecule has 0 heterocycles. The Labute approximate surface area is 113 Å². The van der Waals surface area contributed by atoms with E-state index in [0.717, 1.165) is 20.8 Å². The summed E-state index contributed by atoms with van der Waals surface area (Å²) in [6.07, 6.45) is -31.7. The average Bonchev–Trinajstić information content (AvgIpc) is 2.55. The predicted molar refractivity (Wildman–Crippen MR) is 62.3 cm³/mol. The standard InChI is InChI=1S/C14H26/c1-13(2,3)12-6-10-14(11-7-12)8-4-5-9-14/h12H,4-11H2,1-3H3/i4D2,5D2,6D2,7D2,8D2,9D2,10D2,11D2,12D. The summed E-state index contributed by atoms with van der Waals surface area (Å²) < 4.78 is 142. The SMILES string of the molecule is [2H]C1([2H])C([2H])([2H])C([2H])([2H])C2(C1([2H])[2H])C([2H])([2H])C([2H])([2H])C([2H])(C(C)(C)C)C([2H])([2H])C2([2H])[2H]. The van der Waals surface area contributed by atoms with E-state index in [-0.39, 0.29) is 0 Å². The Morgan fingerprint density at radius 3 is 2.00 bits per heavy atom. The Kier molecular flexibility index (Phi) is 0.584. The van der Waals surface area contributed by atoms with Crippen LogP contribution in [-0.4, -0.2) is 0 Å². The molecule has 0 N–H and O–H groups in total. The molecule has 0 radical (unpaired) electrons. The zero-order valence-corrected chi connectivity index (χ0v) is 8.50. The molecule has 2 aliphatic carbocycles. The summed E-state index contributed by atoms with van der Waals surface area (Å²) in [5.41, 5.74) is -5.98. The van der Waals surface area contributed by atoms with Gasteiger partial charge in [-0.05, 0) is 55.0 Å². The van der Waals surface area contributed by atoms with E-state index in [2.05, 4.69) is 0 Å². The van der Waals surface area contributed by atoms with Crippen molar-refractivity contribution >= 4 is 0 Å². The first-order valence-electron chi connectivity index (χ1n) is 13.0. The fourth-order valence-corrected chi connectivity index (χ4v) is 1.16. The molecular weight excluding hydrogens is 168 g/mol. The maximum atomic E-state index is 8.73. The lowest BCUT2D eigenvalue weighted by atomic mass is 9.63. The molecule has 0 amide bonds. The number of hydrogen-bond donors (Lipinski definition) is 0. The highest BCUT2D eigenvalue weighted by atomic mass is 14.4. The van der Waals surface area contributed by atoms with Crippen LogP contribution in [0.25, 0.3) is 0 Å². The molecule has 0 aromatic rings. The van der Waals surface area contributed by atoms with Crippen LogP contribution in [0.5, 0.6) is 0 Å². The minimum atomic E-state index is -4.17. The Hall–Kier alpha value is 0. The van der Waals surface area contributed by atoms with Crippen LogP contribution in [0.1, 0.15) is 95.1 Å². The molecule has 0 aromatic carbocycles. The van der Waals surface area contributed by atoms with Gasteiger partial charge < -0.3 is 0 Å². The second kappa shape index (κ2) is 3.54. The van der Waals surface area contributed by atoms with Crippen LogP contribution in [0.2, 0.25) is 0 Å². The third-order valence-electron chi connectivity index (χ3n) is 2.06. The van der Waals surface area contributed by atoms with Gasteiger partial charge in [-0.2, -0.15) is 0 Å². The monoisotopic (exact) mass is 211 g/mol. The van der Waals surface area contributed by atoms with E-state index < -0.39 is 67.7 Å². The fourth-order valence-electron chi connectivity index (χ4n) is 1.16. The zero-order valence-electron chi connectivity index (χ0n) is 25.5. The minimum absolute atomic E-state index is 1.16. The quantitative estimate of drug-likeness (QED) is 0.541. The van der Waals surface area contributed by atoms with Gasteiger partial charge in [0.25, 0.3) is 0 Å². The maximum Gasteiger partial charge on any atom is 0.0308 e. The second-order valence-corrected chi connectivity index (χ2v) is 4.38. The van der Waals surface area contributed by atoms with Gasteiger partial charge in [0.15, 0.2) is 0 Å². The highest BCUT2D eigenvalue weighted by molar-refractivity contribution is 4.91. The highest BCUT2D eigenvalue weighted by Crippen LogP contribution is 2.52. The van der Waals surface area contributed by atoms with Crippen LogP contribution in [-0.2, 0) is 0 Å². The first kappa shape index (κ1) is 2.31. The molecule has 0 saturated heterocycles. The van der Waals surface area contributed by atoms with Crippen molar-refractivity contribution in [2.24, 2.45) is 16.7 Å². The predicted octanol–water partition coefficient (Wildman–Crippen LogP) is 4.78. The van der Waals surface area contributed by atoms with Gasteiger partial charge in [0.2, 0.25) is 0 Å². The van der Waals surface area contributed by atoms with Crippen molar-refractivity contribution in [3.8, 4) is 0 Å². The topological polar surface area (TPSA) is 0 Å². The van der Waals surface area contributed by atoms with Gasteiger partial charge in [-0.15, -0.1) is 0 Å². The third kappa shape index (κ3) is 1.99. The van der Waals surface area contributed by atoms with Crippen LogP contribution in [0.3, 0.4) is 0 Å². The summed E-state index contributed by atoms with van der Waals surface area (Å²) >= 11 is 0. The van der Waals surface area contributed by atoms with Crippen LogP contribution in [0, 0.1) is 16.7 Å². The van der Waals surface area contributed by atoms with Gasteiger partial charge in [0.05, 0.1) is 0 Å². The molecule has 0 aliphatic heterocycles. The van der Waals surface area contributed by atoms with Gasteiger partial charge in [-0.25, -0.2) is 0 Å². The molecule has 0 atom stereocenters. The van der Waals surface area contributed by atoms with E-state index in [1.165, 1.54) is 0 Å². The smallest absolute Gasteiger partial charge is 0.0308 e. The van der Waals surface area contributed by atoms with Crippen LogP contribution >= 0.6 is 0 Å². The summed E-state index contributed by atoms with van der Waals surface area (Å²) in [5.74, 6) is -3.26. The lowest BCUT2D eigenvalue weighted by molar-refractivity contribution is 0.0918. The Morgan fingerprint density at radius 2 is 1.57 bits per heavy atom. The van der Waals surface area contributed by atoms with Gasteiger partial charge in [0, 0.05) is 23.3 Å². The van der Waals surface area contributed by atoms with Crippen LogP contribution in [0.4, 0.5) is 0 Å². The number of hydrogen-bond acceptors (Lipinski definition) is 0. The molecule has 1 spiro atoms. The highest BCUT2D eigenvalue weighted by Gasteiger charge is 2.39. The van der Waals surface area contributed by atoms with E-state index >= 15 is 0 Å². The van der Waals surface area contributed by atoms with E-state index in [9.17, 15) is 0 Å². The Bertz CT molecular complexity index is 727. The summed E-state index contributed by atoms with van der Waals surface area (Å²) in [6.45, 7) is 3.49. The molecule has 0 nitrogen and oxygen atoms in total. The molecule has 2 aliphatic rings. The van der Waals surface area contributed by atoms with Crippen molar-refractivity contribution in [1.29, 1.82) is 0 Å². The minimum Gasteiger partial charge on any atom is -0.0599 e. The molecule has 2 rings (SSSR count). The van der Waals surface area contributed by atoms with Crippen molar-refractivity contribution in [2.75, 3.05) is 0 Å². The van der Waals surface area contributed by atoms with E-state index in [0.29, 0.717) is 0 Å². The van der Waals surface area contributed by atoms with Crippen molar-refractivity contribution < 1.29 is 23.3 Å². The second-order valence-electron chi connectivity index (χ2n) is 4.38. The zero-order chi connectivity index (χ0) is 25.5. The molecule has 2 saturated carbocycles. The van der Waals surface area contributed by atoms with Gasteiger partial charge >= 0.3 is 0 Å². The molecule has 82 valence electrons. The lowest BCUT2D eigenvalue weighted by Crippen LogP contribution is -2.30. The molecule has 0 heteroatoms. The molecule has 0 bridgehead atoms. The van der Waals surface area contributed by atoms with Gasteiger partial charge in [0.1, 0.15) is 0 Å². The largest absolute Gasteiger partial charge is 0.0599 e.